The van der Waals surface area contributed by atoms with Gasteiger partial charge in [-0.15, -0.1) is 0 Å². The van der Waals surface area contributed by atoms with Crippen LogP contribution in [0.3, 0.4) is 0 Å². The monoisotopic (exact) mass is 664 g/mol. The smallest absolute Gasteiger partial charge is 0.164 e. The number of rotatable bonds is 4. The average molecular weight is 665 g/mol. The van der Waals surface area contributed by atoms with Crippen LogP contribution >= 0.6 is 0 Å². The minimum absolute atomic E-state index is 0.598. The van der Waals surface area contributed by atoms with Crippen LogP contribution in [-0.2, 0) is 0 Å². The number of hydrogen-bond acceptors (Lipinski definition) is 4. The Balaban J connectivity index is 1.18. The second-order valence-corrected chi connectivity index (χ2v) is 13.2. The Morgan fingerprint density at radius 1 is 0.404 bits per heavy atom. The summed E-state index contributed by atoms with van der Waals surface area (Å²) in [5.41, 5.74) is 7.74. The molecule has 0 bridgehead atoms. The molecule has 0 amide bonds. The van der Waals surface area contributed by atoms with Crippen molar-refractivity contribution < 1.29 is 4.42 Å². The molecule has 0 spiro atoms. The number of para-hydroxylation sites is 1. The molecule has 11 rings (SSSR count). The maximum atomic E-state index is 6.26. The highest BCUT2D eigenvalue weighted by molar-refractivity contribution is 6.20. The van der Waals surface area contributed by atoms with Crippen LogP contribution in [-0.4, -0.2) is 19.5 Å². The van der Waals surface area contributed by atoms with Crippen molar-refractivity contribution in [1.29, 1.82) is 0 Å². The molecule has 0 aliphatic heterocycles. The van der Waals surface area contributed by atoms with Gasteiger partial charge >= 0.3 is 0 Å². The fourth-order valence-electron chi connectivity index (χ4n) is 7.82. The van der Waals surface area contributed by atoms with Gasteiger partial charge in [0.2, 0.25) is 0 Å². The summed E-state index contributed by atoms with van der Waals surface area (Å²) in [7, 11) is 0. The lowest BCUT2D eigenvalue weighted by Crippen LogP contribution is -2.01. The minimum Gasteiger partial charge on any atom is -0.456 e. The lowest BCUT2D eigenvalue weighted by atomic mass is 10.0. The largest absolute Gasteiger partial charge is 0.456 e. The number of aromatic nitrogens is 4. The summed E-state index contributed by atoms with van der Waals surface area (Å²) in [5, 5.41) is 9.31. The molecular weight excluding hydrogens is 637 g/mol. The van der Waals surface area contributed by atoms with Crippen LogP contribution in [0, 0.1) is 0 Å². The van der Waals surface area contributed by atoms with Crippen LogP contribution in [0.15, 0.2) is 174 Å². The molecule has 11 aromatic rings. The fraction of sp³-hybridized carbons (Fsp3) is 0. The SMILES string of the molecule is c1ccc(-c2nc(-c3cccc(-n4c5cc6ccccc6cc5c5ccc6ccccc6c54)c3)nc(-c3cccc4oc5ccccc5c34)n2)cc1. The molecule has 52 heavy (non-hydrogen) atoms. The maximum absolute atomic E-state index is 6.26. The van der Waals surface area contributed by atoms with E-state index in [1.165, 1.54) is 37.8 Å². The zero-order chi connectivity index (χ0) is 34.2. The average Bonchev–Trinajstić information content (AvgIpc) is 3.76. The molecule has 0 N–H and O–H groups in total. The minimum atomic E-state index is 0.598. The molecule has 8 aromatic carbocycles. The first-order valence-electron chi connectivity index (χ1n) is 17.4. The summed E-state index contributed by atoms with van der Waals surface area (Å²) in [4.78, 5) is 15.4. The van der Waals surface area contributed by atoms with Crippen molar-refractivity contribution in [2.75, 3.05) is 0 Å². The van der Waals surface area contributed by atoms with E-state index >= 15 is 0 Å². The number of hydrogen-bond donors (Lipinski definition) is 0. The highest BCUT2D eigenvalue weighted by Gasteiger charge is 2.20. The maximum Gasteiger partial charge on any atom is 0.164 e. The van der Waals surface area contributed by atoms with E-state index in [9.17, 15) is 0 Å². The summed E-state index contributed by atoms with van der Waals surface area (Å²) in [6.07, 6.45) is 0. The van der Waals surface area contributed by atoms with Crippen LogP contribution in [0.1, 0.15) is 0 Å². The fourth-order valence-corrected chi connectivity index (χ4v) is 7.82. The van der Waals surface area contributed by atoms with E-state index in [0.717, 1.165) is 49.8 Å². The highest BCUT2D eigenvalue weighted by atomic mass is 16.3. The van der Waals surface area contributed by atoms with Gasteiger partial charge in [-0.3, -0.25) is 0 Å². The van der Waals surface area contributed by atoms with Crippen molar-refractivity contribution in [2.24, 2.45) is 0 Å². The normalized spacial score (nSPS) is 11.8. The van der Waals surface area contributed by atoms with Crippen LogP contribution in [0.2, 0.25) is 0 Å². The third-order valence-electron chi connectivity index (χ3n) is 10.2. The van der Waals surface area contributed by atoms with Crippen molar-refractivity contribution in [1.82, 2.24) is 19.5 Å². The van der Waals surface area contributed by atoms with Crippen LogP contribution in [0.4, 0.5) is 0 Å². The first-order chi connectivity index (χ1) is 25.8. The second-order valence-electron chi connectivity index (χ2n) is 13.2. The van der Waals surface area contributed by atoms with E-state index in [2.05, 4.69) is 114 Å². The molecule has 242 valence electrons. The molecule has 3 aromatic heterocycles. The highest BCUT2D eigenvalue weighted by Crippen LogP contribution is 2.40. The predicted molar refractivity (Wildman–Crippen MR) is 213 cm³/mol. The van der Waals surface area contributed by atoms with Crippen molar-refractivity contribution in [3.8, 4) is 39.9 Å². The Labute approximate surface area is 298 Å². The number of nitrogens with zero attached hydrogens (tertiary/aromatic N) is 4. The Hall–Kier alpha value is -7.11. The van der Waals surface area contributed by atoms with Gasteiger partial charge in [0.25, 0.3) is 0 Å². The lowest BCUT2D eigenvalue weighted by molar-refractivity contribution is 0.669. The van der Waals surface area contributed by atoms with Gasteiger partial charge in [0.05, 0.1) is 11.0 Å². The van der Waals surface area contributed by atoms with Crippen LogP contribution in [0.25, 0.3) is 105 Å². The van der Waals surface area contributed by atoms with Gasteiger partial charge in [0.15, 0.2) is 17.5 Å². The summed E-state index contributed by atoms with van der Waals surface area (Å²) < 4.78 is 8.66. The van der Waals surface area contributed by atoms with Gasteiger partial charge in [0.1, 0.15) is 11.2 Å². The van der Waals surface area contributed by atoms with Crippen LogP contribution in [0.5, 0.6) is 0 Å². The molecule has 3 heterocycles. The van der Waals surface area contributed by atoms with E-state index in [1.54, 1.807) is 0 Å². The molecule has 0 aliphatic rings. The summed E-state index contributed by atoms with van der Waals surface area (Å²) >= 11 is 0. The lowest BCUT2D eigenvalue weighted by Gasteiger charge is -2.13. The molecule has 0 fully saturated rings. The van der Waals surface area contributed by atoms with E-state index in [-0.39, 0.29) is 0 Å². The molecule has 0 aliphatic carbocycles. The number of fused-ring (bicyclic) bond motifs is 9. The first-order valence-corrected chi connectivity index (χ1v) is 17.4. The summed E-state index contributed by atoms with van der Waals surface area (Å²) in [6.45, 7) is 0. The zero-order valence-electron chi connectivity index (χ0n) is 27.9. The first kappa shape index (κ1) is 28.7. The molecule has 0 saturated heterocycles. The van der Waals surface area contributed by atoms with Crippen LogP contribution < -0.4 is 0 Å². The van der Waals surface area contributed by atoms with Gasteiger partial charge in [0, 0.05) is 49.3 Å². The van der Waals surface area contributed by atoms with Crippen molar-refractivity contribution >= 4 is 65.3 Å². The Kier molecular flexibility index (Phi) is 6.18. The molecule has 5 heteroatoms. The van der Waals surface area contributed by atoms with Crippen molar-refractivity contribution in [3.05, 3.63) is 170 Å². The standard InChI is InChI=1S/C47H28N4O/c1-2-13-30(14-3-1)45-48-46(50-47(49-45)38-21-11-23-42-43(38)37-20-8-9-22-41(37)52-42)33-17-10-18-34(26-33)51-40-28-32-16-5-4-15-31(32)27-39(40)36-25-24-29-12-6-7-19-35(29)44(36)51/h1-28H. The van der Waals surface area contributed by atoms with Gasteiger partial charge in [-0.2, -0.15) is 0 Å². The second kappa shape index (κ2) is 11.2. The molecule has 0 atom stereocenters. The Morgan fingerprint density at radius 2 is 1.06 bits per heavy atom. The van der Waals surface area contributed by atoms with Crippen molar-refractivity contribution in [2.45, 2.75) is 0 Å². The van der Waals surface area contributed by atoms with Gasteiger partial charge in [-0.05, 0) is 52.6 Å². The Morgan fingerprint density at radius 3 is 1.92 bits per heavy atom. The zero-order valence-corrected chi connectivity index (χ0v) is 27.9. The van der Waals surface area contributed by atoms with Gasteiger partial charge in [-0.25, -0.2) is 15.0 Å². The van der Waals surface area contributed by atoms with E-state index in [0.29, 0.717) is 17.5 Å². The predicted octanol–water partition coefficient (Wildman–Crippen LogP) is 12.2. The number of furan rings is 1. The molecule has 0 saturated carbocycles. The molecule has 0 unspecified atom stereocenters. The van der Waals surface area contributed by atoms with E-state index in [1.807, 2.05) is 60.7 Å². The summed E-state index contributed by atoms with van der Waals surface area (Å²) in [5.74, 6) is 1.82. The quantitative estimate of drug-likeness (QED) is 0.188. The molecular formula is C47H28N4O. The van der Waals surface area contributed by atoms with E-state index in [4.69, 9.17) is 19.4 Å². The molecule has 0 radical (unpaired) electrons. The third-order valence-corrected chi connectivity index (χ3v) is 10.2. The Bertz CT molecular complexity index is 3190. The number of benzene rings is 8. The summed E-state index contributed by atoms with van der Waals surface area (Å²) in [6, 6.07) is 59.2. The molecule has 5 nitrogen and oxygen atoms in total. The van der Waals surface area contributed by atoms with E-state index < -0.39 is 0 Å². The van der Waals surface area contributed by atoms with Gasteiger partial charge < -0.3 is 8.98 Å². The van der Waals surface area contributed by atoms with Gasteiger partial charge in [-0.1, -0.05) is 133 Å². The van der Waals surface area contributed by atoms with Crippen molar-refractivity contribution in [3.63, 3.8) is 0 Å². The topological polar surface area (TPSA) is 56.7 Å². The third kappa shape index (κ3) is 4.39.